The van der Waals surface area contributed by atoms with Crippen LogP contribution in [0.3, 0.4) is 0 Å². The zero-order valence-electron chi connectivity index (χ0n) is 17.6. The Hall–Kier alpha value is -3.51. The molecule has 1 N–H and O–H groups in total. The molecule has 2 heterocycles. The van der Waals surface area contributed by atoms with E-state index >= 15 is 0 Å². The maximum absolute atomic E-state index is 11.4. The third kappa shape index (κ3) is 4.72. The van der Waals surface area contributed by atoms with Crippen molar-refractivity contribution in [1.29, 1.82) is 5.26 Å². The number of pyridine rings is 1. The van der Waals surface area contributed by atoms with Gasteiger partial charge in [-0.25, -0.2) is 9.67 Å². The Kier molecular flexibility index (Phi) is 6.59. The van der Waals surface area contributed by atoms with Crippen LogP contribution in [0.25, 0.3) is 22.3 Å². The second-order valence-corrected chi connectivity index (χ2v) is 7.14. The van der Waals surface area contributed by atoms with Crippen molar-refractivity contribution in [2.45, 2.75) is 13.3 Å². The molecule has 0 unspecified atom stereocenters. The van der Waals surface area contributed by atoms with Crippen LogP contribution < -0.4 is 10.1 Å². The number of amides is 1. The Balaban J connectivity index is 1.67. The predicted octanol–water partition coefficient (Wildman–Crippen LogP) is 1.66. The largest absolute Gasteiger partial charge is 0.493 e. The molecule has 0 aliphatic carbocycles. The van der Waals surface area contributed by atoms with Crippen LogP contribution in [-0.4, -0.2) is 64.6 Å². The summed E-state index contributed by atoms with van der Waals surface area (Å²) in [5.41, 5.74) is 4.08. The highest BCUT2D eigenvalue weighted by molar-refractivity contribution is 5.83. The minimum Gasteiger partial charge on any atom is -0.493 e. The van der Waals surface area contributed by atoms with Gasteiger partial charge in [0.1, 0.15) is 17.3 Å². The van der Waals surface area contributed by atoms with Crippen molar-refractivity contribution in [2.75, 3.05) is 33.8 Å². The quantitative estimate of drug-likeness (QED) is 0.566. The second-order valence-electron chi connectivity index (χ2n) is 7.14. The molecule has 156 valence electrons. The number of ether oxygens (including phenoxy) is 1. The molecular formula is C21H25N7O2. The monoisotopic (exact) mass is 407 g/mol. The number of benzene rings is 1. The van der Waals surface area contributed by atoms with Crippen LogP contribution in [0.1, 0.15) is 17.7 Å². The lowest BCUT2D eigenvalue weighted by atomic mass is 10.1. The van der Waals surface area contributed by atoms with Crippen molar-refractivity contribution >= 4 is 16.9 Å². The number of aryl methyl sites for hydroxylation is 2. The number of carbonyl (C=O) groups is 1. The van der Waals surface area contributed by atoms with Crippen molar-refractivity contribution in [2.24, 2.45) is 7.05 Å². The minimum atomic E-state index is -0.00175. The van der Waals surface area contributed by atoms with E-state index in [1.165, 1.54) is 0 Å². The van der Waals surface area contributed by atoms with Gasteiger partial charge in [-0.05, 0) is 50.2 Å². The van der Waals surface area contributed by atoms with E-state index in [1.54, 1.807) is 18.8 Å². The lowest BCUT2D eigenvalue weighted by Gasteiger charge is -2.16. The molecule has 9 heteroatoms. The molecule has 0 spiro atoms. The molecule has 0 saturated heterocycles. The van der Waals surface area contributed by atoms with Crippen LogP contribution in [0.5, 0.6) is 5.75 Å². The van der Waals surface area contributed by atoms with Gasteiger partial charge in [0.05, 0.1) is 24.4 Å². The van der Waals surface area contributed by atoms with Gasteiger partial charge in [0.25, 0.3) is 0 Å². The van der Waals surface area contributed by atoms with Gasteiger partial charge >= 0.3 is 0 Å². The van der Waals surface area contributed by atoms with E-state index in [9.17, 15) is 10.1 Å². The highest BCUT2D eigenvalue weighted by atomic mass is 16.5. The van der Waals surface area contributed by atoms with E-state index in [0.29, 0.717) is 24.4 Å². The van der Waals surface area contributed by atoms with Crippen molar-refractivity contribution in [1.82, 2.24) is 30.2 Å². The average molecular weight is 407 g/mol. The maximum Gasteiger partial charge on any atom is 0.233 e. The number of hydrogen-bond donors (Lipinski definition) is 1. The zero-order valence-corrected chi connectivity index (χ0v) is 17.6. The van der Waals surface area contributed by atoms with Gasteiger partial charge in [0.2, 0.25) is 5.91 Å². The highest BCUT2D eigenvalue weighted by Crippen LogP contribution is 2.27. The zero-order chi connectivity index (χ0) is 21.7. The summed E-state index contributed by atoms with van der Waals surface area (Å²) >= 11 is 0. The predicted molar refractivity (Wildman–Crippen MR) is 113 cm³/mol. The van der Waals surface area contributed by atoms with Gasteiger partial charge in [0, 0.05) is 26.2 Å². The molecule has 1 amide bonds. The molecule has 0 atom stereocenters. The number of likely N-dealkylation sites (N-methyl/N-ethyl adjacent to an activating group) is 2. The number of rotatable bonds is 8. The average Bonchev–Trinajstić information content (AvgIpc) is 3.12. The summed E-state index contributed by atoms with van der Waals surface area (Å²) in [7, 11) is 5.33. The third-order valence-corrected chi connectivity index (χ3v) is 4.81. The van der Waals surface area contributed by atoms with E-state index in [4.69, 9.17) is 4.74 Å². The van der Waals surface area contributed by atoms with Gasteiger partial charge in [-0.15, -0.1) is 5.10 Å². The van der Waals surface area contributed by atoms with E-state index < -0.39 is 0 Å². The fourth-order valence-corrected chi connectivity index (χ4v) is 3.15. The number of nitrogens with zero attached hydrogens (tertiary/aromatic N) is 6. The standard InChI is InChI=1S/C21H25N7O2/c1-14-10-15(16-11-18-21(17(12-22)24-16)25-26-28(18)4)6-7-19(14)30-9-5-8-27(3)13-20(29)23-2/h6-7,10-11H,5,8-9,13H2,1-4H3,(H,23,29). The first-order chi connectivity index (χ1) is 14.4. The summed E-state index contributed by atoms with van der Waals surface area (Å²) in [5, 5.41) is 20.0. The molecular weight excluding hydrogens is 382 g/mol. The Labute approximate surface area is 175 Å². The summed E-state index contributed by atoms with van der Waals surface area (Å²) in [6.45, 7) is 3.68. The summed E-state index contributed by atoms with van der Waals surface area (Å²) < 4.78 is 7.54. The van der Waals surface area contributed by atoms with Gasteiger partial charge in [-0.3, -0.25) is 9.69 Å². The van der Waals surface area contributed by atoms with Crippen molar-refractivity contribution < 1.29 is 9.53 Å². The van der Waals surface area contributed by atoms with E-state index in [-0.39, 0.29) is 11.6 Å². The lowest BCUT2D eigenvalue weighted by Crippen LogP contribution is -2.33. The van der Waals surface area contributed by atoms with Crippen molar-refractivity contribution in [3.05, 3.63) is 35.5 Å². The van der Waals surface area contributed by atoms with Gasteiger partial charge in [0.15, 0.2) is 5.69 Å². The first-order valence-electron chi connectivity index (χ1n) is 9.66. The molecule has 3 aromatic rings. The van der Waals surface area contributed by atoms with E-state index in [0.717, 1.165) is 35.4 Å². The van der Waals surface area contributed by atoms with Crippen LogP contribution in [-0.2, 0) is 11.8 Å². The molecule has 1 aromatic carbocycles. The number of hydrogen-bond acceptors (Lipinski definition) is 7. The van der Waals surface area contributed by atoms with Gasteiger partial charge in [-0.2, -0.15) is 5.26 Å². The Morgan fingerprint density at radius 2 is 2.17 bits per heavy atom. The van der Waals surface area contributed by atoms with Crippen LogP contribution in [0.2, 0.25) is 0 Å². The second kappa shape index (κ2) is 9.33. The molecule has 0 saturated carbocycles. The minimum absolute atomic E-state index is 0.00175. The molecule has 9 nitrogen and oxygen atoms in total. The molecule has 0 aliphatic heterocycles. The molecule has 0 radical (unpaired) electrons. The summed E-state index contributed by atoms with van der Waals surface area (Å²) in [5.74, 6) is 0.801. The van der Waals surface area contributed by atoms with E-state index in [1.807, 2.05) is 43.1 Å². The number of aromatic nitrogens is 4. The fraction of sp³-hybridized carbons (Fsp3) is 0.381. The number of nitrogens with one attached hydrogen (secondary N) is 1. The fourth-order valence-electron chi connectivity index (χ4n) is 3.15. The van der Waals surface area contributed by atoms with Crippen LogP contribution in [0, 0.1) is 18.3 Å². The van der Waals surface area contributed by atoms with Gasteiger partial charge in [-0.1, -0.05) is 5.21 Å². The maximum atomic E-state index is 11.4. The Morgan fingerprint density at radius 3 is 2.87 bits per heavy atom. The molecule has 0 aliphatic rings. The number of nitriles is 1. The molecule has 0 bridgehead atoms. The first kappa shape index (κ1) is 21.2. The Bertz CT molecular complexity index is 1100. The summed E-state index contributed by atoms with van der Waals surface area (Å²) in [6.07, 6.45) is 0.811. The SMILES string of the molecule is CNC(=O)CN(C)CCCOc1ccc(-c2cc3c(nnn3C)c(C#N)n2)cc1C. The van der Waals surface area contributed by atoms with Crippen LogP contribution >= 0.6 is 0 Å². The number of fused-ring (bicyclic) bond motifs is 1. The molecule has 3 rings (SSSR count). The summed E-state index contributed by atoms with van der Waals surface area (Å²) in [4.78, 5) is 17.8. The van der Waals surface area contributed by atoms with Crippen LogP contribution in [0.4, 0.5) is 0 Å². The van der Waals surface area contributed by atoms with Crippen molar-refractivity contribution in [3.63, 3.8) is 0 Å². The molecule has 30 heavy (non-hydrogen) atoms. The third-order valence-electron chi connectivity index (χ3n) is 4.81. The highest BCUT2D eigenvalue weighted by Gasteiger charge is 2.13. The first-order valence-corrected chi connectivity index (χ1v) is 9.66. The normalized spacial score (nSPS) is 10.9. The molecule has 2 aromatic heterocycles. The van der Waals surface area contributed by atoms with Crippen LogP contribution in [0.15, 0.2) is 24.3 Å². The number of carbonyl (C=O) groups excluding carboxylic acids is 1. The topological polar surface area (TPSA) is 109 Å². The molecule has 0 fully saturated rings. The summed E-state index contributed by atoms with van der Waals surface area (Å²) in [6, 6.07) is 9.82. The smallest absolute Gasteiger partial charge is 0.233 e. The lowest BCUT2D eigenvalue weighted by molar-refractivity contribution is -0.121. The Morgan fingerprint density at radius 1 is 1.37 bits per heavy atom. The van der Waals surface area contributed by atoms with Gasteiger partial charge < -0.3 is 10.1 Å². The van der Waals surface area contributed by atoms with Crippen molar-refractivity contribution in [3.8, 4) is 23.1 Å². The van der Waals surface area contributed by atoms with E-state index in [2.05, 4.69) is 26.7 Å².